The van der Waals surface area contributed by atoms with E-state index in [1.807, 2.05) is 12.1 Å². The Morgan fingerprint density at radius 1 is 0.969 bits per heavy atom. The molecule has 0 radical (unpaired) electrons. The third-order valence-electron chi connectivity index (χ3n) is 8.61. The number of likely N-dealkylation sites (tertiary alicyclic amines) is 1. The van der Waals surface area contributed by atoms with Crippen molar-refractivity contribution in [2.24, 2.45) is 10.8 Å². The molecule has 1 saturated carbocycles. The molecule has 1 aromatic rings. The van der Waals surface area contributed by atoms with E-state index in [0.29, 0.717) is 28.5 Å². The van der Waals surface area contributed by atoms with Crippen LogP contribution in [-0.2, 0) is 16.1 Å². The highest BCUT2D eigenvalue weighted by Gasteiger charge is 2.60. The van der Waals surface area contributed by atoms with Gasteiger partial charge in [0.1, 0.15) is 6.04 Å². The Labute approximate surface area is 186 Å². The van der Waals surface area contributed by atoms with Crippen LogP contribution in [-0.4, -0.2) is 65.6 Å². The van der Waals surface area contributed by atoms with Crippen LogP contribution in [0.1, 0.15) is 64.8 Å². The molecule has 3 saturated heterocycles. The zero-order valence-electron chi connectivity index (χ0n) is 18.1. The zero-order chi connectivity index (χ0) is 22.1. The van der Waals surface area contributed by atoms with Crippen molar-refractivity contribution >= 4 is 23.6 Å². The normalized spacial score (nSPS) is 34.5. The second-order valence-corrected chi connectivity index (χ2v) is 10.3. The quantitative estimate of drug-likeness (QED) is 0.688. The second-order valence-electron chi connectivity index (χ2n) is 10.3. The third-order valence-corrected chi connectivity index (χ3v) is 8.61. The summed E-state index contributed by atoms with van der Waals surface area (Å²) in [6.45, 7) is 4.80. The number of imide groups is 2. The summed E-state index contributed by atoms with van der Waals surface area (Å²) >= 11 is 0. The highest BCUT2D eigenvalue weighted by Crippen LogP contribution is 2.57. The van der Waals surface area contributed by atoms with E-state index in [1.165, 1.54) is 25.7 Å². The Hall–Kier alpha value is -2.58. The van der Waals surface area contributed by atoms with Gasteiger partial charge in [-0.05, 0) is 30.9 Å². The summed E-state index contributed by atoms with van der Waals surface area (Å²) in [5.74, 6) is -1.78. The van der Waals surface area contributed by atoms with Gasteiger partial charge in [-0.25, -0.2) is 0 Å². The monoisotopic (exact) mass is 436 g/mol. The van der Waals surface area contributed by atoms with Crippen LogP contribution >= 0.6 is 0 Å². The number of hydrogen-bond acceptors (Lipinski definition) is 6. The first-order chi connectivity index (χ1) is 15.4. The highest BCUT2D eigenvalue weighted by atomic mass is 16.2. The number of fused-ring (bicyclic) bond motifs is 1. The molecule has 168 valence electrons. The van der Waals surface area contributed by atoms with E-state index < -0.39 is 23.8 Å². The van der Waals surface area contributed by atoms with Crippen molar-refractivity contribution in [3.63, 3.8) is 0 Å². The van der Waals surface area contributed by atoms with Crippen molar-refractivity contribution in [2.45, 2.75) is 51.1 Å². The summed E-state index contributed by atoms with van der Waals surface area (Å²) < 4.78 is 0. The van der Waals surface area contributed by atoms with Gasteiger partial charge < -0.3 is 5.32 Å². The van der Waals surface area contributed by atoms with E-state index in [4.69, 9.17) is 0 Å². The fourth-order valence-corrected chi connectivity index (χ4v) is 7.14. The molecule has 0 bridgehead atoms. The predicted octanol–water partition coefficient (Wildman–Crippen LogP) is 1.05. The molecule has 4 amide bonds. The van der Waals surface area contributed by atoms with Gasteiger partial charge >= 0.3 is 0 Å². The lowest BCUT2D eigenvalue weighted by Gasteiger charge is -2.42. The van der Waals surface area contributed by atoms with Crippen LogP contribution < -0.4 is 10.6 Å². The Morgan fingerprint density at radius 2 is 1.69 bits per heavy atom. The molecule has 4 fully saturated rings. The first-order valence-electron chi connectivity index (χ1n) is 11.7. The average Bonchev–Trinajstić information content (AvgIpc) is 3.36. The van der Waals surface area contributed by atoms with Gasteiger partial charge in [0.05, 0.1) is 11.1 Å². The molecular weight excluding hydrogens is 408 g/mol. The van der Waals surface area contributed by atoms with E-state index in [9.17, 15) is 19.2 Å². The maximum absolute atomic E-state index is 13.4. The maximum Gasteiger partial charge on any atom is 0.262 e. The van der Waals surface area contributed by atoms with E-state index in [0.717, 1.165) is 36.6 Å². The van der Waals surface area contributed by atoms with Gasteiger partial charge in [0, 0.05) is 50.0 Å². The van der Waals surface area contributed by atoms with E-state index in [-0.39, 0.29) is 18.7 Å². The van der Waals surface area contributed by atoms with Crippen LogP contribution in [0.4, 0.5) is 0 Å². The van der Waals surface area contributed by atoms with Gasteiger partial charge in [0.15, 0.2) is 0 Å². The molecule has 6 rings (SSSR count). The largest absolute Gasteiger partial charge is 0.315 e. The summed E-state index contributed by atoms with van der Waals surface area (Å²) in [7, 11) is 0. The molecule has 0 spiro atoms. The fraction of sp³-hybridized carbons (Fsp3) is 0.583. The number of hydrogen-bond donors (Lipinski definition) is 2. The zero-order valence-corrected chi connectivity index (χ0v) is 18.1. The van der Waals surface area contributed by atoms with Gasteiger partial charge in [-0.2, -0.15) is 0 Å². The molecule has 0 aromatic heterocycles. The molecule has 32 heavy (non-hydrogen) atoms. The first-order valence-corrected chi connectivity index (χ1v) is 11.7. The Morgan fingerprint density at radius 3 is 2.38 bits per heavy atom. The van der Waals surface area contributed by atoms with Crippen LogP contribution in [0.3, 0.4) is 0 Å². The lowest BCUT2D eigenvalue weighted by atomic mass is 9.60. The Balaban J connectivity index is 1.28. The molecule has 2 N–H and O–H groups in total. The maximum atomic E-state index is 13.4. The van der Waals surface area contributed by atoms with Crippen LogP contribution in [0, 0.1) is 10.8 Å². The van der Waals surface area contributed by atoms with E-state index >= 15 is 0 Å². The first kappa shape index (κ1) is 20.1. The van der Waals surface area contributed by atoms with Crippen LogP contribution in [0.15, 0.2) is 18.2 Å². The average molecular weight is 437 g/mol. The van der Waals surface area contributed by atoms with Crippen molar-refractivity contribution in [1.82, 2.24) is 20.4 Å². The number of piperidine rings is 1. The highest BCUT2D eigenvalue weighted by molar-refractivity contribution is 6.24. The number of carbonyl (C=O) groups is 4. The van der Waals surface area contributed by atoms with Gasteiger partial charge in [-0.3, -0.25) is 34.3 Å². The molecule has 4 heterocycles. The molecule has 3 unspecified atom stereocenters. The topological polar surface area (TPSA) is 98.8 Å². The molecule has 1 aromatic carbocycles. The van der Waals surface area contributed by atoms with Crippen molar-refractivity contribution < 1.29 is 19.2 Å². The second kappa shape index (κ2) is 6.96. The minimum Gasteiger partial charge on any atom is -0.315 e. The number of benzene rings is 1. The van der Waals surface area contributed by atoms with Crippen molar-refractivity contribution in [1.29, 1.82) is 0 Å². The smallest absolute Gasteiger partial charge is 0.262 e. The summed E-state index contributed by atoms with van der Waals surface area (Å²) in [4.78, 5) is 53.9. The van der Waals surface area contributed by atoms with Crippen molar-refractivity contribution in [3.05, 3.63) is 34.9 Å². The van der Waals surface area contributed by atoms with Gasteiger partial charge in [0.25, 0.3) is 11.8 Å². The number of carbonyl (C=O) groups excluding carboxylic acids is 4. The molecular formula is C24H28N4O4. The molecule has 5 aliphatic rings. The summed E-state index contributed by atoms with van der Waals surface area (Å²) in [6, 6.07) is 4.51. The van der Waals surface area contributed by atoms with Crippen molar-refractivity contribution in [2.75, 3.05) is 26.2 Å². The lowest BCUT2D eigenvalue weighted by Crippen LogP contribution is -2.54. The van der Waals surface area contributed by atoms with Crippen LogP contribution in [0.2, 0.25) is 0 Å². The van der Waals surface area contributed by atoms with Gasteiger partial charge in [-0.1, -0.05) is 25.0 Å². The summed E-state index contributed by atoms with van der Waals surface area (Å²) in [5, 5.41) is 5.90. The summed E-state index contributed by atoms with van der Waals surface area (Å²) in [5.41, 5.74) is 2.29. The van der Waals surface area contributed by atoms with E-state index in [2.05, 4.69) is 15.5 Å². The van der Waals surface area contributed by atoms with Gasteiger partial charge in [0.2, 0.25) is 11.8 Å². The van der Waals surface area contributed by atoms with Gasteiger partial charge in [-0.15, -0.1) is 0 Å². The fourth-order valence-electron chi connectivity index (χ4n) is 7.14. The predicted molar refractivity (Wildman–Crippen MR) is 115 cm³/mol. The minimum atomic E-state index is -0.925. The molecule has 1 aliphatic carbocycles. The number of nitrogens with zero attached hydrogens (tertiary/aromatic N) is 2. The van der Waals surface area contributed by atoms with E-state index in [1.54, 1.807) is 6.07 Å². The Bertz CT molecular complexity index is 1030. The van der Waals surface area contributed by atoms with Crippen LogP contribution in [0.5, 0.6) is 0 Å². The minimum absolute atomic E-state index is 0.128. The van der Waals surface area contributed by atoms with Crippen LogP contribution in [0.25, 0.3) is 0 Å². The number of amides is 4. The van der Waals surface area contributed by atoms with Crippen molar-refractivity contribution in [3.8, 4) is 0 Å². The molecule has 3 atom stereocenters. The molecule has 4 aliphatic heterocycles. The SMILES string of the molecule is O=C1CCC(N2C(=O)c3cccc(CN4CC56CCCCC5(CNC6)C4)c3C2=O)C(=O)N1. The number of nitrogens with one attached hydrogen (secondary N) is 2. The standard InChI is InChI=1S/C24H28N4O4/c29-18-7-6-17(20(30)26-18)28-21(31)16-5-3-4-15(19(16)22(28)32)10-27-13-23-8-1-2-9-24(23,14-27)12-25-11-23/h3-5,17,25H,1-2,6-14H2,(H,26,29,30). The third kappa shape index (κ3) is 2.69. The molecule has 8 heteroatoms. The molecule has 8 nitrogen and oxygen atoms in total. The number of rotatable bonds is 3. The Kier molecular flexibility index (Phi) is 4.36. The summed E-state index contributed by atoms with van der Waals surface area (Å²) in [6.07, 6.45) is 5.38. The lowest BCUT2D eigenvalue weighted by molar-refractivity contribution is -0.136.